The number of nitrogens with zero attached hydrogens (tertiary/aromatic N) is 1. The Morgan fingerprint density at radius 3 is 2.71 bits per heavy atom. The molecular weight excluding hydrogens is 274 g/mol. The normalized spacial score (nSPS) is 10.2. The van der Waals surface area contributed by atoms with Crippen LogP contribution in [0.4, 0.5) is 10.5 Å². The summed E-state index contributed by atoms with van der Waals surface area (Å²) in [5.74, 6) is -0.444. The first-order chi connectivity index (χ1) is 9.97. The first kappa shape index (κ1) is 14.6. The number of urea groups is 1. The minimum atomic E-state index is -1.10. The third kappa shape index (κ3) is 3.59. The van der Waals surface area contributed by atoms with Crippen molar-refractivity contribution in [2.24, 2.45) is 0 Å². The lowest BCUT2D eigenvalue weighted by Crippen LogP contribution is -2.29. The number of carbonyl (C=O) groups is 2. The van der Waals surface area contributed by atoms with Crippen molar-refractivity contribution in [3.63, 3.8) is 0 Å². The number of aryl methyl sites for hydroxylation is 2. The van der Waals surface area contributed by atoms with Gasteiger partial charge in [-0.2, -0.15) is 0 Å². The van der Waals surface area contributed by atoms with Gasteiger partial charge in [-0.05, 0) is 25.5 Å². The van der Waals surface area contributed by atoms with E-state index >= 15 is 0 Å². The molecule has 7 nitrogen and oxygen atoms in total. The van der Waals surface area contributed by atoms with Crippen molar-refractivity contribution in [1.29, 1.82) is 0 Å². The highest BCUT2D eigenvalue weighted by Gasteiger charge is 2.14. The van der Waals surface area contributed by atoms with Crippen molar-refractivity contribution in [3.05, 3.63) is 46.8 Å². The Morgan fingerprint density at radius 1 is 1.33 bits per heavy atom. The van der Waals surface area contributed by atoms with E-state index in [1.165, 1.54) is 6.07 Å². The maximum Gasteiger partial charge on any atom is 0.337 e. The van der Waals surface area contributed by atoms with Gasteiger partial charge in [0, 0.05) is 6.07 Å². The van der Waals surface area contributed by atoms with E-state index in [0.29, 0.717) is 17.0 Å². The Kier molecular flexibility index (Phi) is 4.22. The molecule has 110 valence electrons. The second-order valence-corrected chi connectivity index (χ2v) is 4.54. The number of carboxylic acid groups (broad SMARTS) is 1. The molecule has 1 aromatic carbocycles. The molecule has 0 radical (unpaired) electrons. The summed E-state index contributed by atoms with van der Waals surface area (Å²) < 4.78 is 4.89. The standard InChI is InChI=1S/C14H15N3O4/c1-8-4-3-5-11(13(18)19)12(8)16-14(20)15-7-10-6-9(2)21-17-10/h3-6H,7H2,1-2H3,(H,18,19)(H2,15,16,20). The minimum absolute atomic E-state index is 0.0439. The third-order valence-corrected chi connectivity index (χ3v) is 2.85. The van der Waals surface area contributed by atoms with Crippen molar-refractivity contribution in [1.82, 2.24) is 10.5 Å². The summed E-state index contributed by atoms with van der Waals surface area (Å²) in [6.07, 6.45) is 0. The number of aromatic nitrogens is 1. The van der Waals surface area contributed by atoms with Gasteiger partial charge in [-0.15, -0.1) is 0 Å². The molecule has 2 rings (SSSR count). The topological polar surface area (TPSA) is 104 Å². The van der Waals surface area contributed by atoms with E-state index in [2.05, 4.69) is 15.8 Å². The van der Waals surface area contributed by atoms with Crippen LogP contribution in [0.5, 0.6) is 0 Å². The van der Waals surface area contributed by atoms with Gasteiger partial charge in [0.05, 0.1) is 17.8 Å². The second kappa shape index (κ2) is 6.08. The Labute approximate surface area is 120 Å². The lowest BCUT2D eigenvalue weighted by atomic mass is 10.1. The van der Waals surface area contributed by atoms with E-state index < -0.39 is 12.0 Å². The van der Waals surface area contributed by atoms with Crippen molar-refractivity contribution in [2.45, 2.75) is 20.4 Å². The van der Waals surface area contributed by atoms with Gasteiger partial charge >= 0.3 is 12.0 Å². The smallest absolute Gasteiger partial charge is 0.337 e. The van der Waals surface area contributed by atoms with Crippen LogP contribution in [0, 0.1) is 13.8 Å². The summed E-state index contributed by atoms with van der Waals surface area (Å²) in [6.45, 7) is 3.67. The van der Waals surface area contributed by atoms with Crippen molar-refractivity contribution < 1.29 is 19.2 Å². The molecule has 1 aromatic heterocycles. The lowest BCUT2D eigenvalue weighted by Gasteiger charge is -2.11. The van der Waals surface area contributed by atoms with Crippen LogP contribution in [0.25, 0.3) is 0 Å². The Morgan fingerprint density at radius 2 is 2.10 bits per heavy atom. The first-order valence-corrected chi connectivity index (χ1v) is 6.27. The van der Waals surface area contributed by atoms with Gasteiger partial charge in [0.1, 0.15) is 11.5 Å². The summed E-state index contributed by atoms with van der Waals surface area (Å²) in [7, 11) is 0. The largest absolute Gasteiger partial charge is 0.478 e. The van der Waals surface area contributed by atoms with E-state index in [1.807, 2.05) is 0 Å². The van der Waals surface area contributed by atoms with Gasteiger partial charge in [0.2, 0.25) is 0 Å². The van der Waals surface area contributed by atoms with Gasteiger partial charge in [-0.25, -0.2) is 9.59 Å². The van der Waals surface area contributed by atoms with E-state index in [-0.39, 0.29) is 17.8 Å². The Hall–Kier alpha value is -2.83. The van der Waals surface area contributed by atoms with E-state index in [0.717, 1.165) is 0 Å². The number of nitrogens with one attached hydrogen (secondary N) is 2. The number of rotatable bonds is 4. The van der Waals surface area contributed by atoms with Gasteiger partial charge in [0.15, 0.2) is 0 Å². The fraction of sp³-hybridized carbons (Fsp3) is 0.214. The summed E-state index contributed by atoms with van der Waals surface area (Å²) in [5.41, 5.74) is 1.58. The molecule has 0 atom stereocenters. The summed E-state index contributed by atoms with van der Waals surface area (Å²) in [6, 6.07) is 5.98. The summed E-state index contributed by atoms with van der Waals surface area (Å²) in [5, 5.41) is 18.0. The molecule has 0 aliphatic rings. The Balaban J connectivity index is 2.04. The number of aromatic carboxylic acids is 1. The highest BCUT2D eigenvalue weighted by molar-refractivity contribution is 6.00. The number of benzene rings is 1. The van der Waals surface area contributed by atoms with Crippen LogP contribution < -0.4 is 10.6 Å². The second-order valence-electron chi connectivity index (χ2n) is 4.54. The van der Waals surface area contributed by atoms with Crippen LogP contribution in [0.15, 0.2) is 28.8 Å². The molecule has 1 heterocycles. The monoisotopic (exact) mass is 289 g/mol. The predicted octanol–water partition coefficient (Wildman–Crippen LogP) is 2.31. The van der Waals surface area contributed by atoms with Crippen LogP contribution in [0.2, 0.25) is 0 Å². The number of hydrogen-bond donors (Lipinski definition) is 3. The highest BCUT2D eigenvalue weighted by atomic mass is 16.5. The summed E-state index contributed by atoms with van der Waals surface area (Å²) >= 11 is 0. The molecule has 0 aliphatic carbocycles. The average molecular weight is 289 g/mol. The number of para-hydroxylation sites is 1. The van der Waals surface area contributed by atoms with Crippen molar-refractivity contribution >= 4 is 17.7 Å². The van der Waals surface area contributed by atoms with Crippen LogP contribution in [-0.4, -0.2) is 22.3 Å². The predicted molar refractivity (Wildman–Crippen MR) is 75.2 cm³/mol. The number of carbonyl (C=O) groups excluding carboxylic acids is 1. The zero-order valence-electron chi connectivity index (χ0n) is 11.6. The molecule has 0 fully saturated rings. The molecular formula is C14H15N3O4. The van der Waals surface area contributed by atoms with Crippen molar-refractivity contribution in [2.75, 3.05) is 5.32 Å². The zero-order chi connectivity index (χ0) is 15.4. The number of anilines is 1. The fourth-order valence-electron chi connectivity index (χ4n) is 1.84. The number of carboxylic acids is 1. The average Bonchev–Trinajstić information content (AvgIpc) is 2.84. The van der Waals surface area contributed by atoms with Crippen LogP contribution in [0.1, 0.15) is 27.4 Å². The quantitative estimate of drug-likeness (QED) is 0.801. The molecule has 21 heavy (non-hydrogen) atoms. The van der Waals surface area contributed by atoms with Gasteiger partial charge in [-0.1, -0.05) is 17.3 Å². The zero-order valence-corrected chi connectivity index (χ0v) is 11.6. The molecule has 0 saturated heterocycles. The third-order valence-electron chi connectivity index (χ3n) is 2.85. The lowest BCUT2D eigenvalue weighted by molar-refractivity contribution is 0.0698. The molecule has 3 N–H and O–H groups in total. The van der Waals surface area contributed by atoms with E-state index in [4.69, 9.17) is 9.63 Å². The maximum atomic E-state index is 11.8. The van der Waals surface area contributed by atoms with Gasteiger partial charge in [-0.3, -0.25) is 0 Å². The van der Waals surface area contributed by atoms with E-state index in [1.54, 1.807) is 32.0 Å². The van der Waals surface area contributed by atoms with Crippen LogP contribution >= 0.6 is 0 Å². The first-order valence-electron chi connectivity index (χ1n) is 6.27. The van der Waals surface area contributed by atoms with E-state index in [9.17, 15) is 9.59 Å². The molecule has 2 amide bonds. The number of hydrogen-bond acceptors (Lipinski definition) is 4. The highest BCUT2D eigenvalue weighted by Crippen LogP contribution is 2.20. The number of amides is 2. The molecule has 0 saturated carbocycles. The minimum Gasteiger partial charge on any atom is -0.478 e. The fourth-order valence-corrected chi connectivity index (χ4v) is 1.84. The van der Waals surface area contributed by atoms with Crippen molar-refractivity contribution in [3.8, 4) is 0 Å². The van der Waals surface area contributed by atoms with Crippen LogP contribution in [0.3, 0.4) is 0 Å². The van der Waals surface area contributed by atoms with Gasteiger partial charge in [0.25, 0.3) is 0 Å². The SMILES string of the molecule is Cc1cc(CNC(=O)Nc2c(C)cccc2C(=O)O)no1. The molecule has 0 unspecified atom stereocenters. The summed E-state index contributed by atoms with van der Waals surface area (Å²) in [4.78, 5) is 23.0. The van der Waals surface area contributed by atoms with Gasteiger partial charge < -0.3 is 20.3 Å². The molecule has 2 aromatic rings. The molecule has 0 bridgehead atoms. The Bertz CT molecular complexity index is 679. The maximum absolute atomic E-state index is 11.8. The molecule has 7 heteroatoms. The van der Waals surface area contributed by atoms with Crippen LogP contribution in [-0.2, 0) is 6.54 Å². The molecule has 0 spiro atoms. The molecule has 0 aliphatic heterocycles.